The maximum absolute atomic E-state index is 13.3. The number of carbonyl (C=O) groups excluding carboxylic acids is 3. The lowest BCUT2D eigenvalue weighted by molar-refractivity contribution is -0.142. The van der Waals surface area contributed by atoms with Crippen LogP contribution in [0.1, 0.15) is 36.9 Å². The van der Waals surface area contributed by atoms with Gasteiger partial charge in [0, 0.05) is 37.1 Å². The Hall–Kier alpha value is -3.59. The van der Waals surface area contributed by atoms with E-state index in [0.29, 0.717) is 47.8 Å². The number of aliphatic hydroxyl groups excluding tert-OH is 1. The van der Waals surface area contributed by atoms with Gasteiger partial charge in [-0.1, -0.05) is 11.6 Å². The van der Waals surface area contributed by atoms with Crippen LogP contribution in [0.15, 0.2) is 48.3 Å². The monoisotopic (exact) mass is 499 g/mol. The van der Waals surface area contributed by atoms with Crippen LogP contribution in [0.4, 0.5) is 4.79 Å². The fourth-order valence-electron chi connectivity index (χ4n) is 4.60. The van der Waals surface area contributed by atoms with E-state index in [1.807, 2.05) is 0 Å². The predicted octanol–water partition coefficient (Wildman–Crippen LogP) is 3.79. The van der Waals surface area contributed by atoms with Crippen LogP contribution in [0.2, 0.25) is 5.02 Å². The van der Waals surface area contributed by atoms with Crippen molar-refractivity contribution in [1.82, 2.24) is 14.8 Å². The normalized spacial score (nSPS) is 20.3. The van der Waals surface area contributed by atoms with Crippen molar-refractivity contribution >= 4 is 35.1 Å². The van der Waals surface area contributed by atoms with Crippen LogP contribution < -0.4 is 4.74 Å². The number of halogens is 1. The Balaban J connectivity index is 1.73. The molecule has 1 unspecified atom stereocenters. The average Bonchev–Trinajstić information content (AvgIpc) is 3.15. The number of aromatic nitrogens is 1. The van der Waals surface area contributed by atoms with E-state index in [9.17, 15) is 19.5 Å². The van der Waals surface area contributed by atoms with Crippen LogP contribution >= 0.6 is 11.6 Å². The number of ether oxygens (including phenoxy) is 2. The van der Waals surface area contributed by atoms with Gasteiger partial charge in [-0.2, -0.15) is 0 Å². The lowest BCUT2D eigenvalue weighted by atomic mass is 9.94. The molecule has 1 aromatic heterocycles. The Morgan fingerprint density at radius 1 is 1.17 bits per heavy atom. The number of hydrogen-bond donors (Lipinski definition) is 1. The van der Waals surface area contributed by atoms with Crippen LogP contribution in [0.25, 0.3) is 5.76 Å². The lowest BCUT2D eigenvalue weighted by Gasteiger charge is -2.38. The van der Waals surface area contributed by atoms with Gasteiger partial charge in [0.05, 0.1) is 30.4 Å². The van der Waals surface area contributed by atoms with Gasteiger partial charge in [-0.25, -0.2) is 4.79 Å². The molecule has 2 aliphatic rings. The molecule has 2 amide bonds. The zero-order valence-electron chi connectivity index (χ0n) is 19.4. The van der Waals surface area contributed by atoms with Gasteiger partial charge in [-0.3, -0.25) is 14.6 Å². The van der Waals surface area contributed by atoms with Crippen molar-refractivity contribution in [2.75, 3.05) is 26.8 Å². The van der Waals surface area contributed by atoms with E-state index < -0.39 is 23.8 Å². The summed E-state index contributed by atoms with van der Waals surface area (Å²) in [6.45, 7) is 2.81. The molecule has 35 heavy (non-hydrogen) atoms. The first-order valence-corrected chi connectivity index (χ1v) is 11.7. The number of pyridine rings is 1. The average molecular weight is 500 g/mol. The number of benzene rings is 1. The maximum Gasteiger partial charge on any atom is 0.409 e. The first-order valence-electron chi connectivity index (χ1n) is 11.3. The second-order valence-electron chi connectivity index (χ2n) is 8.25. The molecule has 0 radical (unpaired) electrons. The van der Waals surface area contributed by atoms with Crippen LogP contribution in [0.3, 0.4) is 0 Å². The minimum absolute atomic E-state index is 0.0154. The molecular weight excluding hydrogens is 474 g/mol. The highest BCUT2D eigenvalue weighted by atomic mass is 35.5. The van der Waals surface area contributed by atoms with Crippen LogP contribution in [-0.4, -0.2) is 70.5 Å². The Labute approximate surface area is 207 Å². The summed E-state index contributed by atoms with van der Waals surface area (Å²) >= 11 is 6.12. The molecule has 4 rings (SSSR count). The van der Waals surface area contributed by atoms with Crippen molar-refractivity contribution in [2.24, 2.45) is 0 Å². The Morgan fingerprint density at radius 2 is 1.86 bits per heavy atom. The van der Waals surface area contributed by atoms with Gasteiger partial charge in [0.1, 0.15) is 11.5 Å². The SMILES string of the molecule is CCOC(=O)N1CCC(N2C(=O)C(=O)/C(=C(/O)c3ccc(Cl)c(OC)c3)C2c2ccncc2)CC1. The Bertz CT molecular complexity index is 1160. The third-order valence-corrected chi connectivity index (χ3v) is 6.62. The summed E-state index contributed by atoms with van der Waals surface area (Å²) in [5.41, 5.74) is 0.938. The van der Waals surface area contributed by atoms with Gasteiger partial charge >= 0.3 is 6.09 Å². The van der Waals surface area contributed by atoms with E-state index in [-0.39, 0.29) is 24.0 Å². The molecule has 9 nitrogen and oxygen atoms in total. The van der Waals surface area contributed by atoms with E-state index in [1.54, 1.807) is 48.5 Å². The molecular formula is C25H26ClN3O6. The first kappa shape index (κ1) is 24.5. The molecule has 0 aliphatic carbocycles. The Morgan fingerprint density at radius 3 is 2.49 bits per heavy atom. The van der Waals surface area contributed by atoms with Crippen molar-refractivity contribution in [2.45, 2.75) is 31.8 Å². The summed E-state index contributed by atoms with van der Waals surface area (Å²) in [4.78, 5) is 45.8. The summed E-state index contributed by atoms with van der Waals surface area (Å²) in [6.07, 6.45) is 3.70. The van der Waals surface area contributed by atoms with E-state index in [0.717, 1.165) is 0 Å². The molecule has 2 fully saturated rings. The quantitative estimate of drug-likeness (QED) is 0.378. The van der Waals surface area contributed by atoms with Crippen LogP contribution in [0, 0.1) is 0 Å². The van der Waals surface area contributed by atoms with E-state index in [1.165, 1.54) is 18.1 Å². The minimum atomic E-state index is -0.807. The van der Waals surface area contributed by atoms with Crippen molar-refractivity contribution in [3.63, 3.8) is 0 Å². The van der Waals surface area contributed by atoms with Crippen molar-refractivity contribution in [3.05, 3.63) is 64.4 Å². The van der Waals surface area contributed by atoms with Gasteiger partial charge in [-0.05, 0) is 55.7 Å². The lowest BCUT2D eigenvalue weighted by Crippen LogP contribution is -2.48. The summed E-state index contributed by atoms with van der Waals surface area (Å²) in [5, 5.41) is 11.6. The molecule has 2 aliphatic heterocycles. The van der Waals surface area contributed by atoms with Gasteiger partial charge < -0.3 is 24.4 Å². The molecule has 10 heteroatoms. The largest absolute Gasteiger partial charge is 0.507 e. The number of aliphatic hydroxyl groups is 1. The summed E-state index contributed by atoms with van der Waals surface area (Å²) in [5.74, 6) is -1.45. The molecule has 0 bridgehead atoms. The summed E-state index contributed by atoms with van der Waals surface area (Å²) in [6, 6.07) is 6.96. The molecule has 3 heterocycles. The number of hydrogen-bond acceptors (Lipinski definition) is 7. The van der Waals surface area contributed by atoms with Gasteiger partial charge in [-0.15, -0.1) is 0 Å². The number of Topliss-reactive ketones (excluding diaryl/α,β-unsaturated/α-hetero) is 1. The summed E-state index contributed by atoms with van der Waals surface area (Å²) < 4.78 is 10.3. The van der Waals surface area contributed by atoms with E-state index in [4.69, 9.17) is 21.1 Å². The summed E-state index contributed by atoms with van der Waals surface area (Å²) in [7, 11) is 1.45. The number of piperidine rings is 1. The van der Waals surface area contributed by atoms with Gasteiger partial charge in [0.15, 0.2) is 0 Å². The van der Waals surface area contributed by atoms with Crippen LogP contribution in [-0.2, 0) is 14.3 Å². The highest BCUT2D eigenvalue weighted by Crippen LogP contribution is 2.42. The molecule has 2 aromatic rings. The molecule has 1 aromatic carbocycles. The smallest absolute Gasteiger partial charge is 0.409 e. The second kappa shape index (κ2) is 10.4. The topological polar surface area (TPSA) is 109 Å². The number of methoxy groups -OCH3 is 1. The molecule has 2 saturated heterocycles. The predicted molar refractivity (Wildman–Crippen MR) is 128 cm³/mol. The number of amides is 2. The van der Waals surface area contributed by atoms with Crippen LogP contribution in [0.5, 0.6) is 5.75 Å². The molecule has 184 valence electrons. The van der Waals surface area contributed by atoms with E-state index in [2.05, 4.69) is 4.98 Å². The standard InChI is InChI=1S/C25H26ClN3O6/c1-3-35-25(33)28-12-8-17(9-13-28)29-21(15-6-10-27-11-7-15)20(23(31)24(29)32)22(30)16-4-5-18(26)19(14-16)34-2/h4-7,10-11,14,17,21,30H,3,8-9,12-13H2,1-2H3/b22-20+. The third kappa shape index (κ3) is 4.68. The van der Waals surface area contributed by atoms with Crippen molar-refractivity contribution in [1.29, 1.82) is 0 Å². The Kier molecular flexibility index (Phi) is 7.25. The van der Waals surface area contributed by atoms with Gasteiger partial charge in [0.25, 0.3) is 11.7 Å². The molecule has 1 N–H and O–H groups in total. The first-order chi connectivity index (χ1) is 16.9. The molecule has 0 spiro atoms. The minimum Gasteiger partial charge on any atom is -0.507 e. The van der Waals surface area contributed by atoms with Crippen molar-refractivity contribution in [3.8, 4) is 5.75 Å². The number of carbonyl (C=O) groups is 3. The van der Waals surface area contributed by atoms with Crippen molar-refractivity contribution < 1.29 is 29.0 Å². The fraction of sp³-hybridized carbons (Fsp3) is 0.360. The zero-order valence-corrected chi connectivity index (χ0v) is 20.2. The third-order valence-electron chi connectivity index (χ3n) is 6.31. The van der Waals surface area contributed by atoms with E-state index >= 15 is 0 Å². The number of ketones is 1. The fourth-order valence-corrected chi connectivity index (χ4v) is 4.80. The number of nitrogens with zero attached hydrogens (tertiary/aromatic N) is 3. The maximum atomic E-state index is 13.3. The highest BCUT2D eigenvalue weighted by molar-refractivity contribution is 6.46. The highest BCUT2D eigenvalue weighted by Gasteiger charge is 2.49. The molecule has 1 atom stereocenters. The second-order valence-corrected chi connectivity index (χ2v) is 8.66. The zero-order chi connectivity index (χ0) is 25.1. The number of rotatable bonds is 5. The van der Waals surface area contributed by atoms with Gasteiger partial charge in [0.2, 0.25) is 0 Å². The molecule has 0 saturated carbocycles. The number of likely N-dealkylation sites (tertiary alicyclic amines) is 2.